The maximum absolute atomic E-state index is 12.2. The van der Waals surface area contributed by atoms with Gasteiger partial charge >= 0.3 is 5.97 Å². The number of hydrogen-bond acceptors (Lipinski definition) is 5. The van der Waals surface area contributed by atoms with Crippen molar-refractivity contribution in [2.24, 2.45) is 5.73 Å². The summed E-state index contributed by atoms with van der Waals surface area (Å²) in [5.74, 6) is -1.37. The fourth-order valence-corrected chi connectivity index (χ4v) is 3.14. The number of primary amides is 1. The molecule has 2 aromatic carbocycles. The minimum Gasteiger partial charge on any atom is -0.457 e. The molecule has 0 atom stereocenters. The summed E-state index contributed by atoms with van der Waals surface area (Å²) in [5, 5.41) is 0. The average molecular weight is 347 g/mol. The molecule has 2 N–H and O–H groups in total. The molecule has 0 spiro atoms. The molecule has 0 aliphatic carbocycles. The summed E-state index contributed by atoms with van der Waals surface area (Å²) in [6.45, 7) is 1.47. The predicted octanol–water partition coefficient (Wildman–Crippen LogP) is 1.94. The molecule has 0 saturated carbocycles. The highest BCUT2D eigenvalue weighted by Crippen LogP contribution is 2.18. The van der Waals surface area contributed by atoms with E-state index in [0.29, 0.717) is 11.1 Å². The Morgan fingerprint density at radius 3 is 2.25 bits per heavy atom. The van der Waals surface area contributed by atoms with Crippen molar-refractivity contribution in [2.45, 2.75) is 18.4 Å². The van der Waals surface area contributed by atoms with Crippen LogP contribution in [0.25, 0.3) is 0 Å². The fourth-order valence-electron chi connectivity index (χ4n) is 2.05. The molecule has 24 heavy (non-hydrogen) atoms. The van der Waals surface area contributed by atoms with E-state index in [1.165, 1.54) is 31.2 Å². The van der Waals surface area contributed by atoms with E-state index in [1.54, 1.807) is 24.3 Å². The van der Waals surface area contributed by atoms with E-state index in [-0.39, 0.29) is 22.8 Å². The number of rotatable bonds is 6. The Kier molecular flexibility index (Phi) is 5.35. The Labute approximate surface area is 140 Å². The molecule has 1 amide bonds. The van der Waals surface area contributed by atoms with Gasteiger partial charge in [0.1, 0.15) is 6.61 Å². The van der Waals surface area contributed by atoms with E-state index in [9.17, 15) is 18.0 Å². The number of esters is 1. The monoisotopic (exact) mass is 347 g/mol. The van der Waals surface area contributed by atoms with Gasteiger partial charge in [0.25, 0.3) is 0 Å². The fraction of sp³-hybridized carbons (Fsp3) is 0.176. The number of sulfone groups is 1. The second-order valence-electron chi connectivity index (χ2n) is 5.04. The van der Waals surface area contributed by atoms with Gasteiger partial charge < -0.3 is 10.5 Å². The van der Waals surface area contributed by atoms with Crippen LogP contribution >= 0.6 is 0 Å². The summed E-state index contributed by atoms with van der Waals surface area (Å²) in [6.07, 6.45) is 0. The van der Waals surface area contributed by atoms with Crippen LogP contribution in [0, 0.1) is 0 Å². The Bertz CT molecular complexity index is 857. The molecule has 0 heterocycles. The molecular formula is C17H17NO5S. The van der Waals surface area contributed by atoms with Gasteiger partial charge in [0, 0.05) is 5.56 Å². The van der Waals surface area contributed by atoms with Gasteiger partial charge in [-0.1, -0.05) is 31.2 Å². The third kappa shape index (κ3) is 3.99. The summed E-state index contributed by atoms with van der Waals surface area (Å²) in [7, 11) is -3.52. The third-order valence-corrected chi connectivity index (χ3v) is 5.22. The van der Waals surface area contributed by atoms with Gasteiger partial charge in [-0.2, -0.15) is 0 Å². The second kappa shape index (κ2) is 7.27. The third-order valence-electron chi connectivity index (χ3n) is 3.43. The van der Waals surface area contributed by atoms with Crippen molar-refractivity contribution in [3.05, 3.63) is 65.2 Å². The number of nitrogens with two attached hydrogens (primary N) is 1. The lowest BCUT2D eigenvalue weighted by molar-refractivity contribution is 0.0468. The SMILES string of the molecule is CCS(=O)(=O)c1ccccc1C(=O)OCc1ccc(C(N)=O)cc1. The van der Waals surface area contributed by atoms with Crippen LogP contribution < -0.4 is 5.73 Å². The summed E-state index contributed by atoms with van der Waals surface area (Å²) < 4.78 is 29.3. The van der Waals surface area contributed by atoms with Gasteiger partial charge in [-0.25, -0.2) is 13.2 Å². The number of amides is 1. The molecule has 0 saturated heterocycles. The van der Waals surface area contributed by atoms with Gasteiger partial charge in [-0.05, 0) is 29.8 Å². The predicted molar refractivity (Wildman–Crippen MR) is 88.2 cm³/mol. The van der Waals surface area contributed by atoms with Crippen molar-refractivity contribution in [3.63, 3.8) is 0 Å². The van der Waals surface area contributed by atoms with Gasteiger partial charge in [0.2, 0.25) is 5.91 Å². The van der Waals surface area contributed by atoms with E-state index in [1.807, 2.05) is 0 Å². The van der Waals surface area contributed by atoms with Crippen molar-refractivity contribution in [1.29, 1.82) is 0 Å². The maximum Gasteiger partial charge on any atom is 0.339 e. The van der Waals surface area contributed by atoms with Crippen LogP contribution in [-0.4, -0.2) is 26.0 Å². The number of carbonyl (C=O) groups excluding carboxylic acids is 2. The Balaban J connectivity index is 2.15. The molecule has 6 nitrogen and oxygen atoms in total. The van der Waals surface area contributed by atoms with E-state index < -0.39 is 21.7 Å². The lowest BCUT2D eigenvalue weighted by Crippen LogP contribution is -2.13. The number of benzene rings is 2. The minimum atomic E-state index is -3.52. The molecule has 7 heteroatoms. The first-order valence-electron chi connectivity index (χ1n) is 7.23. The van der Waals surface area contributed by atoms with E-state index in [0.717, 1.165) is 0 Å². The van der Waals surface area contributed by atoms with Crippen LogP contribution in [0.15, 0.2) is 53.4 Å². The largest absolute Gasteiger partial charge is 0.457 e. The quantitative estimate of drug-likeness (QED) is 0.804. The summed E-state index contributed by atoms with van der Waals surface area (Å²) >= 11 is 0. The number of hydrogen-bond donors (Lipinski definition) is 1. The molecule has 2 aromatic rings. The lowest BCUT2D eigenvalue weighted by Gasteiger charge is -2.09. The first kappa shape index (κ1) is 17.7. The zero-order valence-electron chi connectivity index (χ0n) is 13.1. The highest BCUT2D eigenvalue weighted by atomic mass is 32.2. The minimum absolute atomic E-state index is 0.00751. The van der Waals surface area contributed by atoms with Crippen LogP contribution in [0.5, 0.6) is 0 Å². The van der Waals surface area contributed by atoms with Crippen LogP contribution in [0.4, 0.5) is 0 Å². The molecule has 0 bridgehead atoms. The van der Waals surface area contributed by atoms with Crippen LogP contribution in [0.1, 0.15) is 33.2 Å². The van der Waals surface area contributed by atoms with Crippen molar-refractivity contribution in [1.82, 2.24) is 0 Å². The summed E-state index contributed by atoms with van der Waals surface area (Å²) in [6, 6.07) is 12.2. The van der Waals surface area contributed by atoms with Gasteiger partial charge in [0.05, 0.1) is 16.2 Å². The van der Waals surface area contributed by atoms with Crippen molar-refractivity contribution in [2.75, 3.05) is 5.75 Å². The molecule has 0 aliphatic rings. The van der Waals surface area contributed by atoms with Crippen LogP contribution in [0.3, 0.4) is 0 Å². The van der Waals surface area contributed by atoms with Gasteiger partial charge in [0.15, 0.2) is 9.84 Å². The van der Waals surface area contributed by atoms with Gasteiger partial charge in [-0.3, -0.25) is 4.79 Å². The topological polar surface area (TPSA) is 104 Å². The zero-order chi connectivity index (χ0) is 17.7. The molecular weight excluding hydrogens is 330 g/mol. The highest BCUT2D eigenvalue weighted by molar-refractivity contribution is 7.91. The number of ether oxygens (including phenoxy) is 1. The zero-order valence-corrected chi connectivity index (χ0v) is 13.9. The molecule has 126 valence electrons. The smallest absolute Gasteiger partial charge is 0.339 e. The van der Waals surface area contributed by atoms with E-state index in [2.05, 4.69) is 0 Å². The first-order valence-corrected chi connectivity index (χ1v) is 8.88. The first-order chi connectivity index (χ1) is 11.3. The molecule has 0 aliphatic heterocycles. The highest BCUT2D eigenvalue weighted by Gasteiger charge is 2.21. The molecule has 0 fully saturated rings. The summed E-state index contributed by atoms with van der Waals surface area (Å²) in [4.78, 5) is 23.2. The second-order valence-corrected chi connectivity index (χ2v) is 7.28. The molecule has 0 unspecified atom stereocenters. The molecule has 0 aromatic heterocycles. The van der Waals surface area contributed by atoms with Crippen LogP contribution in [0.2, 0.25) is 0 Å². The van der Waals surface area contributed by atoms with Gasteiger partial charge in [-0.15, -0.1) is 0 Å². The number of carbonyl (C=O) groups is 2. The lowest BCUT2D eigenvalue weighted by atomic mass is 10.1. The van der Waals surface area contributed by atoms with E-state index >= 15 is 0 Å². The Morgan fingerprint density at radius 2 is 1.67 bits per heavy atom. The summed E-state index contributed by atoms with van der Waals surface area (Å²) in [5.41, 5.74) is 6.17. The van der Waals surface area contributed by atoms with E-state index in [4.69, 9.17) is 10.5 Å². The normalized spacial score (nSPS) is 11.0. The Morgan fingerprint density at radius 1 is 1.04 bits per heavy atom. The Hall–Kier alpha value is -2.67. The van der Waals surface area contributed by atoms with Crippen molar-refractivity contribution < 1.29 is 22.7 Å². The van der Waals surface area contributed by atoms with Crippen molar-refractivity contribution >= 4 is 21.7 Å². The standard InChI is InChI=1S/C17H17NO5S/c1-2-24(21,22)15-6-4-3-5-14(15)17(20)23-11-12-7-9-13(10-8-12)16(18)19/h3-10H,2,11H2,1H3,(H2,18,19). The maximum atomic E-state index is 12.2. The van der Waals surface area contributed by atoms with Crippen LogP contribution in [-0.2, 0) is 21.2 Å². The van der Waals surface area contributed by atoms with Crippen molar-refractivity contribution in [3.8, 4) is 0 Å². The molecule has 0 radical (unpaired) electrons. The average Bonchev–Trinajstić information content (AvgIpc) is 2.60. The molecule has 2 rings (SSSR count).